The van der Waals surface area contributed by atoms with Crippen LogP contribution in [0.1, 0.15) is 74.4 Å². The highest BCUT2D eigenvalue weighted by molar-refractivity contribution is 6.05. The molecule has 0 aromatic heterocycles. The second-order valence-electron chi connectivity index (χ2n) is 11.9. The summed E-state index contributed by atoms with van der Waals surface area (Å²) in [6.07, 6.45) is 5.64. The molecule has 0 aliphatic carbocycles. The summed E-state index contributed by atoms with van der Waals surface area (Å²) >= 11 is 0. The van der Waals surface area contributed by atoms with Crippen molar-refractivity contribution in [1.82, 2.24) is 20.0 Å². The molecule has 0 radical (unpaired) electrons. The lowest BCUT2D eigenvalue weighted by molar-refractivity contribution is -0.136. The van der Waals surface area contributed by atoms with Crippen molar-refractivity contribution < 1.29 is 23.9 Å². The summed E-state index contributed by atoms with van der Waals surface area (Å²) in [5.74, 6) is -0.217. The molecular formula is C29H38N4O5. The molecule has 1 unspecified atom stereocenters. The highest BCUT2D eigenvalue weighted by atomic mass is 16.6. The number of nitrogens with one attached hydrogen (secondary N) is 1. The first-order chi connectivity index (χ1) is 18.1. The van der Waals surface area contributed by atoms with E-state index in [4.69, 9.17) is 4.74 Å². The third-order valence-corrected chi connectivity index (χ3v) is 7.97. The van der Waals surface area contributed by atoms with Gasteiger partial charge in [-0.05, 0) is 81.2 Å². The van der Waals surface area contributed by atoms with Crippen molar-refractivity contribution >= 4 is 29.4 Å². The highest BCUT2D eigenvalue weighted by Crippen LogP contribution is 2.32. The fraction of sp³-hybridized carbons (Fsp3) is 0.586. The Labute approximate surface area is 224 Å². The summed E-state index contributed by atoms with van der Waals surface area (Å²) in [6.45, 7) is 10.5. The number of likely N-dealkylation sites (tertiary alicyclic amines) is 1. The van der Waals surface area contributed by atoms with Gasteiger partial charge in [0, 0.05) is 51.3 Å². The number of benzene rings is 1. The molecule has 1 aromatic carbocycles. The van der Waals surface area contributed by atoms with E-state index in [2.05, 4.69) is 22.4 Å². The fourth-order valence-corrected chi connectivity index (χ4v) is 5.90. The van der Waals surface area contributed by atoms with E-state index in [1.54, 1.807) is 4.90 Å². The van der Waals surface area contributed by atoms with Crippen LogP contribution < -0.4 is 5.32 Å². The Morgan fingerprint density at radius 2 is 1.82 bits per heavy atom. The predicted octanol–water partition coefficient (Wildman–Crippen LogP) is 3.18. The summed E-state index contributed by atoms with van der Waals surface area (Å²) in [5.41, 5.74) is 3.54. The van der Waals surface area contributed by atoms with Gasteiger partial charge in [0.1, 0.15) is 11.6 Å². The quantitative estimate of drug-likeness (QED) is 0.610. The Morgan fingerprint density at radius 1 is 1.05 bits per heavy atom. The summed E-state index contributed by atoms with van der Waals surface area (Å²) in [5, 5.41) is 2.36. The van der Waals surface area contributed by atoms with Crippen LogP contribution in [-0.4, -0.2) is 82.9 Å². The minimum absolute atomic E-state index is 0.137. The Hall–Kier alpha value is -3.20. The normalized spacial score (nSPS) is 23.3. The molecule has 0 spiro atoms. The van der Waals surface area contributed by atoms with E-state index in [-0.39, 0.29) is 30.2 Å². The maximum atomic E-state index is 13.0. The van der Waals surface area contributed by atoms with Gasteiger partial charge in [0.25, 0.3) is 5.91 Å². The van der Waals surface area contributed by atoms with Crippen LogP contribution in [0.3, 0.4) is 0 Å². The Balaban J connectivity index is 1.14. The van der Waals surface area contributed by atoms with E-state index in [9.17, 15) is 19.2 Å². The van der Waals surface area contributed by atoms with Gasteiger partial charge in [-0.3, -0.25) is 24.6 Å². The van der Waals surface area contributed by atoms with Crippen LogP contribution in [0.15, 0.2) is 24.3 Å². The minimum atomic E-state index is -0.588. The number of fused-ring (bicyclic) bond motifs is 1. The SMILES string of the molecule is CC(C)(C)OC(=O)N1CCC(CN2CC=C(c3ccc4c(c3)CN(C3CCC(=O)NC3=O)C4=O)CC2)CC1. The lowest BCUT2D eigenvalue weighted by Gasteiger charge is -2.36. The lowest BCUT2D eigenvalue weighted by atomic mass is 9.93. The number of imide groups is 1. The first-order valence-electron chi connectivity index (χ1n) is 13.7. The molecule has 5 rings (SSSR count). The molecule has 1 N–H and O–H groups in total. The number of nitrogens with zero attached hydrogens (tertiary/aromatic N) is 3. The standard InChI is InChI=1S/C29H38N4O5/c1-29(2,3)38-28(37)32-14-8-19(9-15-32)17-31-12-10-20(11-13-31)21-4-5-23-22(16-21)18-33(27(23)36)24-6-7-25(34)30-26(24)35/h4-5,10,16,19,24H,6-9,11-15,17-18H2,1-3H3,(H,30,34,35). The number of ether oxygens (including phenoxy) is 1. The van der Waals surface area contributed by atoms with Crippen LogP contribution in [-0.2, 0) is 20.9 Å². The zero-order valence-corrected chi connectivity index (χ0v) is 22.6. The maximum absolute atomic E-state index is 13.0. The second-order valence-corrected chi connectivity index (χ2v) is 11.9. The van der Waals surface area contributed by atoms with Crippen molar-refractivity contribution in [3.8, 4) is 0 Å². The van der Waals surface area contributed by atoms with Crippen molar-refractivity contribution in [1.29, 1.82) is 0 Å². The Bertz CT molecular complexity index is 1160. The summed E-state index contributed by atoms with van der Waals surface area (Å²) in [4.78, 5) is 55.0. The smallest absolute Gasteiger partial charge is 0.410 e. The Morgan fingerprint density at radius 3 is 2.47 bits per heavy atom. The highest BCUT2D eigenvalue weighted by Gasteiger charge is 2.39. The van der Waals surface area contributed by atoms with Crippen LogP contribution in [0.4, 0.5) is 4.79 Å². The molecule has 204 valence electrons. The van der Waals surface area contributed by atoms with Gasteiger partial charge in [0.15, 0.2) is 0 Å². The largest absolute Gasteiger partial charge is 0.444 e. The van der Waals surface area contributed by atoms with Crippen molar-refractivity contribution in [3.05, 3.63) is 41.0 Å². The zero-order chi connectivity index (χ0) is 27.0. The molecule has 4 aliphatic heterocycles. The molecule has 9 nitrogen and oxygen atoms in total. The average Bonchev–Trinajstić information content (AvgIpc) is 3.19. The zero-order valence-electron chi connectivity index (χ0n) is 22.6. The van der Waals surface area contributed by atoms with E-state index in [1.807, 2.05) is 37.8 Å². The van der Waals surface area contributed by atoms with Gasteiger partial charge in [0.05, 0.1) is 0 Å². The third-order valence-electron chi connectivity index (χ3n) is 7.97. The molecule has 2 saturated heterocycles. The molecule has 9 heteroatoms. The van der Waals surface area contributed by atoms with Crippen LogP contribution in [0, 0.1) is 5.92 Å². The minimum Gasteiger partial charge on any atom is -0.444 e. The predicted molar refractivity (Wildman–Crippen MR) is 142 cm³/mol. The number of amides is 4. The number of rotatable bonds is 4. The molecule has 38 heavy (non-hydrogen) atoms. The maximum Gasteiger partial charge on any atom is 0.410 e. The molecule has 1 atom stereocenters. The van der Waals surface area contributed by atoms with Gasteiger partial charge >= 0.3 is 6.09 Å². The molecule has 1 aromatic rings. The van der Waals surface area contributed by atoms with Crippen molar-refractivity contribution in [3.63, 3.8) is 0 Å². The molecular weight excluding hydrogens is 484 g/mol. The topological polar surface area (TPSA) is 99.3 Å². The van der Waals surface area contributed by atoms with E-state index in [0.717, 1.165) is 63.1 Å². The van der Waals surface area contributed by atoms with Gasteiger partial charge in [-0.25, -0.2) is 4.79 Å². The first-order valence-corrected chi connectivity index (χ1v) is 13.7. The molecule has 2 fully saturated rings. The van der Waals surface area contributed by atoms with E-state index < -0.39 is 11.6 Å². The van der Waals surface area contributed by atoms with E-state index in [1.165, 1.54) is 5.57 Å². The van der Waals surface area contributed by atoms with Crippen molar-refractivity contribution in [2.45, 2.75) is 71.1 Å². The second kappa shape index (κ2) is 10.5. The third kappa shape index (κ3) is 5.77. The number of hydrogen-bond donors (Lipinski definition) is 1. The summed E-state index contributed by atoms with van der Waals surface area (Å²) in [7, 11) is 0. The fourth-order valence-electron chi connectivity index (χ4n) is 5.90. The van der Waals surface area contributed by atoms with Gasteiger partial charge in [0.2, 0.25) is 11.8 Å². The number of carbonyl (C=O) groups is 4. The number of piperidine rings is 2. The van der Waals surface area contributed by atoms with E-state index >= 15 is 0 Å². The molecule has 4 aliphatic rings. The van der Waals surface area contributed by atoms with Crippen LogP contribution in [0.2, 0.25) is 0 Å². The van der Waals surface area contributed by atoms with E-state index in [0.29, 0.717) is 24.4 Å². The summed E-state index contributed by atoms with van der Waals surface area (Å²) < 4.78 is 5.51. The van der Waals surface area contributed by atoms with Gasteiger partial charge in [-0.2, -0.15) is 0 Å². The summed E-state index contributed by atoms with van der Waals surface area (Å²) in [6, 6.07) is 5.39. The van der Waals surface area contributed by atoms with Crippen molar-refractivity contribution in [2.75, 3.05) is 32.7 Å². The lowest BCUT2D eigenvalue weighted by Crippen LogP contribution is -2.52. The Kier molecular flexibility index (Phi) is 7.31. The molecule has 4 heterocycles. The molecule has 4 amide bonds. The number of hydrogen-bond acceptors (Lipinski definition) is 6. The van der Waals surface area contributed by atoms with Gasteiger partial charge in [-0.15, -0.1) is 0 Å². The monoisotopic (exact) mass is 522 g/mol. The first kappa shape index (κ1) is 26.4. The number of carbonyl (C=O) groups excluding carboxylic acids is 4. The van der Waals surface area contributed by atoms with Crippen LogP contribution in [0.5, 0.6) is 0 Å². The molecule has 0 bridgehead atoms. The van der Waals surface area contributed by atoms with Crippen molar-refractivity contribution in [2.24, 2.45) is 5.92 Å². The van der Waals surface area contributed by atoms with Crippen LogP contribution >= 0.6 is 0 Å². The molecule has 0 saturated carbocycles. The average molecular weight is 523 g/mol. The van der Waals surface area contributed by atoms with Gasteiger partial charge < -0.3 is 14.5 Å². The van der Waals surface area contributed by atoms with Crippen LogP contribution in [0.25, 0.3) is 5.57 Å². The van der Waals surface area contributed by atoms with Gasteiger partial charge in [-0.1, -0.05) is 12.1 Å².